The van der Waals surface area contributed by atoms with E-state index in [0.29, 0.717) is 0 Å². The summed E-state index contributed by atoms with van der Waals surface area (Å²) in [5.74, 6) is 0. The first-order valence-electron chi connectivity index (χ1n) is 7.60. The average Bonchev–Trinajstić information content (AvgIpc) is 2.30. The highest BCUT2D eigenvalue weighted by atomic mass is 15.0. The summed E-state index contributed by atoms with van der Waals surface area (Å²) in [5, 5.41) is 0. The Kier molecular flexibility index (Phi) is 13.2. The summed E-state index contributed by atoms with van der Waals surface area (Å²) < 4.78 is 0. The molecule has 0 aliphatic heterocycles. The Bertz CT molecular complexity index is 161. The quantitative estimate of drug-likeness (QED) is 0.414. The van der Waals surface area contributed by atoms with E-state index in [0.717, 1.165) is 0 Å². The minimum atomic E-state index is 1.24. The predicted octanol–water partition coefficient (Wildman–Crippen LogP) is 5.37. The molecule has 1 heteroatoms. The average molecular weight is 239 g/mol. The third-order valence-corrected chi connectivity index (χ3v) is 3.13. The maximum atomic E-state index is 2.28. The number of unbranched alkanes of at least 4 members (excludes halogenated alkanes) is 10. The second-order valence-electron chi connectivity index (χ2n) is 5.32. The Balaban J connectivity index is 2.99. The summed E-state index contributed by atoms with van der Waals surface area (Å²) in [6.07, 6.45) is 20.0. The number of allylic oxidation sites excluding steroid dienone is 1. The maximum absolute atomic E-state index is 2.28. The topological polar surface area (TPSA) is 3.24 Å². The van der Waals surface area contributed by atoms with Gasteiger partial charge in [-0.1, -0.05) is 70.8 Å². The monoisotopic (exact) mass is 239 g/mol. The SMILES string of the molecule is CCCCCCCCCCCCC=CN(C)C. The van der Waals surface area contributed by atoms with E-state index in [1.807, 2.05) is 0 Å². The first-order valence-corrected chi connectivity index (χ1v) is 7.60. The minimum absolute atomic E-state index is 1.24. The molecule has 0 aromatic carbocycles. The largest absolute Gasteiger partial charge is 0.384 e. The van der Waals surface area contributed by atoms with Gasteiger partial charge < -0.3 is 4.90 Å². The van der Waals surface area contributed by atoms with Gasteiger partial charge in [0, 0.05) is 14.1 Å². The number of hydrogen-bond acceptors (Lipinski definition) is 1. The normalized spacial score (nSPS) is 11.2. The lowest BCUT2D eigenvalue weighted by atomic mass is 10.1. The van der Waals surface area contributed by atoms with Crippen LogP contribution in [0.4, 0.5) is 0 Å². The fraction of sp³-hybridized carbons (Fsp3) is 0.875. The van der Waals surface area contributed by atoms with Gasteiger partial charge in [0.1, 0.15) is 0 Å². The molecule has 0 fully saturated rings. The Labute approximate surface area is 109 Å². The molecule has 0 amide bonds. The van der Waals surface area contributed by atoms with Gasteiger partial charge in [-0.25, -0.2) is 0 Å². The van der Waals surface area contributed by atoms with Crippen LogP contribution < -0.4 is 0 Å². The molecular formula is C16H33N. The third-order valence-electron chi connectivity index (χ3n) is 3.13. The molecule has 0 N–H and O–H groups in total. The van der Waals surface area contributed by atoms with Gasteiger partial charge in [0.2, 0.25) is 0 Å². The summed E-state index contributed by atoms with van der Waals surface area (Å²) in [6, 6.07) is 0. The van der Waals surface area contributed by atoms with Crippen molar-refractivity contribution in [2.24, 2.45) is 0 Å². The Morgan fingerprint density at radius 1 is 0.706 bits per heavy atom. The van der Waals surface area contributed by atoms with Gasteiger partial charge >= 0.3 is 0 Å². The molecule has 0 spiro atoms. The van der Waals surface area contributed by atoms with Crippen LogP contribution in [-0.2, 0) is 0 Å². The van der Waals surface area contributed by atoms with E-state index in [-0.39, 0.29) is 0 Å². The van der Waals surface area contributed by atoms with E-state index in [2.05, 4.69) is 38.2 Å². The van der Waals surface area contributed by atoms with E-state index < -0.39 is 0 Å². The van der Waals surface area contributed by atoms with Crippen LogP contribution in [0, 0.1) is 0 Å². The van der Waals surface area contributed by atoms with Crippen molar-refractivity contribution in [3.05, 3.63) is 12.3 Å². The molecule has 0 saturated carbocycles. The van der Waals surface area contributed by atoms with Gasteiger partial charge in [0.25, 0.3) is 0 Å². The molecule has 0 aliphatic carbocycles. The molecule has 0 unspecified atom stereocenters. The summed E-state index contributed by atoms with van der Waals surface area (Å²) >= 11 is 0. The second-order valence-corrected chi connectivity index (χ2v) is 5.32. The molecule has 0 aromatic rings. The van der Waals surface area contributed by atoms with E-state index in [4.69, 9.17) is 0 Å². The van der Waals surface area contributed by atoms with Crippen molar-refractivity contribution in [2.45, 2.75) is 77.6 Å². The van der Waals surface area contributed by atoms with Gasteiger partial charge in [-0.3, -0.25) is 0 Å². The lowest BCUT2D eigenvalue weighted by Crippen LogP contribution is -1.99. The van der Waals surface area contributed by atoms with Crippen LogP contribution in [0.2, 0.25) is 0 Å². The van der Waals surface area contributed by atoms with Crippen molar-refractivity contribution in [1.29, 1.82) is 0 Å². The summed E-state index contributed by atoms with van der Waals surface area (Å²) in [5.41, 5.74) is 0. The lowest BCUT2D eigenvalue weighted by Gasteiger charge is -2.03. The lowest BCUT2D eigenvalue weighted by molar-refractivity contribution is 0.550. The molecule has 0 heterocycles. The number of hydrogen-bond donors (Lipinski definition) is 0. The minimum Gasteiger partial charge on any atom is -0.384 e. The molecule has 102 valence electrons. The number of rotatable bonds is 12. The highest BCUT2D eigenvalue weighted by Crippen LogP contribution is 2.11. The molecule has 0 rings (SSSR count). The van der Waals surface area contributed by atoms with Gasteiger partial charge in [0.15, 0.2) is 0 Å². The molecule has 0 atom stereocenters. The van der Waals surface area contributed by atoms with Crippen molar-refractivity contribution in [1.82, 2.24) is 4.90 Å². The van der Waals surface area contributed by atoms with Crippen LogP contribution in [0.15, 0.2) is 12.3 Å². The van der Waals surface area contributed by atoms with Crippen molar-refractivity contribution in [3.8, 4) is 0 Å². The van der Waals surface area contributed by atoms with Crippen molar-refractivity contribution < 1.29 is 0 Å². The van der Waals surface area contributed by atoms with E-state index in [1.165, 1.54) is 70.6 Å². The van der Waals surface area contributed by atoms with Crippen LogP contribution in [0.3, 0.4) is 0 Å². The van der Waals surface area contributed by atoms with E-state index in [9.17, 15) is 0 Å². The zero-order valence-electron chi connectivity index (χ0n) is 12.4. The van der Waals surface area contributed by atoms with Crippen LogP contribution in [0.1, 0.15) is 77.6 Å². The molecular weight excluding hydrogens is 206 g/mol. The zero-order valence-corrected chi connectivity index (χ0v) is 12.4. The van der Waals surface area contributed by atoms with Gasteiger partial charge in [0.05, 0.1) is 0 Å². The predicted molar refractivity (Wildman–Crippen MR) is 79.3 cm³/mol. The molecule has 0 saturated heterocycles. The standard InChI is InChI=1S/C16H33N/c1-4-5-6-7-8-9-10-11-12-13-14-15-16-17(2)3/h15-16H,4-14H2,1-3H3. The smallest absolute Gasteiger partial charge is 0.00555 e. The summed E-state index contributed by atoms with van der Waals surface area (Å²) in [6.45, 7) is 2.28. The van der Waals surface area contributed by atoms with Crippen LogP contribution in [0.25, 0.3) is 0 Å². The maximum Gasteiger partial charge on any atom is 0.00555 e. The fourth-order valence-electron chi connectivity index (χ4n) is 2.03. The van der Waals surface area contributed by atoms with Crippen molar-refractivity contribution in [3.63, 3.8) is 0 Å². The molecule has 0 aliphatic rings. The second kappa shape index (κ2) is 13.6. The first-order chi connectivity index (χ1) is 8.27. The Morgan fingerprint density at radius 2 is 1.18 bits per heavy atom. The first kappa shape index (κ1) is 16.5. The van der Waals surface area contributed by atoms with E-state index in [1.54, 1.807) is 0 Å². The van der Waals surface area contributed by atoms with Crippen LogP contribution >= 0.6 is 0 Å². The van der Waals surface area contributed by atoms with Crippen molar-refractivity contribution in [2.75, 3.05) is 14.1 Å². The van der Waals surface area contributed by atoms with Crippen LogP contribution in [-0.4, -0.2) is 19.0 Å². The molecule has 0 radical (unpaired) electrons. The Hall–Kier alpha value is -0.460. The highest BCUT2D eigenvalue weighted by Gasteiger charge is 1.91. The van der Waals surface area contributed by atoms with Crippen molar-refractivity contribution >= 4 is 0 Å². The van der Waals surface area contributed by atoms with Gasteiger partial charge in [-0.15, -0.1) is 0 Å². The fourth-order valence-corrected chi connectivity index (χ4v) is 2.03. The number of nitrogens with zero attached hydrogens (tertiary/aromatic N) is 1. The van der Waals surface area contributed by atoms with E-state index >= 15 is 0 Å². The molecule has 0 aromatic heterocycles. The summed E-state index contributed by atoms with van der Waals surface area (Å²) in [7, 11) is 4.16. The summed E-state index contributed by atoms with van der Waals surface area (Å²) in [4.78, 5) is 2.11. The molecule has 0 bridgehead atoms. The third kappa shape index (κ3) is 15.5. The Morgan fingerprint density at radius 3 is 1.65 bits per heavy atom. The van der Waals surface area contributed by atoms with Crippen LogP contribution in [0.5, 0.6) is 0 Å². The zero-order chi connectivity index (χ0) is 12.8. The highest BCUT2D eigenvalue weighted by molar-refractivity contribution is 4.78. The molecule has 17 heavy (non-hydrogen) atoms. The molecule has 1 nitrogen and oxygen atoms in total. The van der Waals surface area contributed by atoms with Gasteiger partial charge in [-0.05, 0) is 19.0 Å². The van der Waals surface area contributed by atoms with Gasteiger partial charge in [-0.2, -0.15) is 0 Å².